The van der Waals surface area contributed by atoms with Crippen LogP contribution in [0.1, 0.15) is 11.4 Å². The quantitative estimate of drug-likeness (QED) is 0.776. The molecule has 4 nitrogen and oxygen atoms in total. The molecule has 0 fully saturated rings. The van der Waals surface area contributed by atoms with E-state index in [2.05, 4.69) is 20.3 Å². The zero-order valence-electron chi connectivity index (χ0n) is 10.7. The number of pyridine rings is 1. The van der Waals surface area contributed by atoms with Gasteiger partial charge in [0.25, 0.3) is 0 Å². The first-order chi connectivity index (χ1) is 9.33. The van der Waals surface area contributed by atoms with Crippen LogP contribution in [-0.2, 0) is 6.54 Å². The Bertz CT molecular complexity index is 695. The van der Waals surface area contributed by atoms with E-state index >= 15 is 0 Å². The molecule has 2 aromatic heterocycles. The molecule has 0 atom stereocenters. The van der Waals surface area contributed by atoms with Crippen molar-refractivity contribution in [1.82, 2.24) is 15.0 Å². The maximum atomic E-state index is 4.48. The Morgan fingerprint density at radius 1 is 1.00 bits per heavy atom. The van der Waals surface area contributed by atoms with E-state index in [-0.39, 0.29) is 0 Å². The van der Waals surface area contributed by atoms with Crippen molar-refractivity contribution in [3.05, 3.63) is 60.2 Å². The third-order valence-electron chi connectivity index (χ3n) is 2.92. The van der Waals surface area contributed by atoms with Crippen molar-refractivity contribution in [1.29, 1.82) is 0 Å². The number of aromatic nitrogens is 3. The van der Waals surface area contributed by atoms with Crippen LogP contribution >= 0.6 is 0 Å². The number of aryl methyl sites for hydroxylation is 1. The highest BCUT2D eigenvalue weighted by molar-refractivity contribution is 5.88. The monoisotopic (exact) mass is 250 g/mol. The number of anilines is 1. The molecule has 0 spiro atoms. The van der Waals surface area contributed by atoms with E-state index < -0.39 is 0 Å². The van der Waals surface area contributed by atoms with E-state index in [9.17, 15) is 0 Å². The second-order valence-electron chi connectivity index (χ2n) is 4.35. The van der Waals surface area contributed by atoms with Gasteiger partial charge in [0.1, 0.15) is 11.6 Å². The molecule has 0 amide bonds. The lowest BCUT2D eigenvalue weighted by molar-refractivity contribution is 1.05. The molecule has 0 aliphatic rings. The first-order valence-electron chi connectivity index (χ1n) is 6.19. The molecule has 4 heteroatoms. The Labute approximate surface area is 111 Å². The highest BCUT2D eigenvalue weighted by Gasteiger charge is 2.04. The van der Waals surface area contributed by atoms with E-state index in [1.54, 1.807) is 12.4 Å². The van der Waals surface area contributed by atoms with Gasteiger partial charge in [-0.3, -0.25) is 4.98 Å². The van der Waals surface area contributed by atoms with Gasteiger partial charge < -0.3 is 5.32 Å². The molecule has 2 heterocycles. The topological polar surface area (TPSA) is 50.7 Å². The highest BCUT2D eigenvalue weighted by atomic mass is 15.0. The largest absolute Gasteiger partial charge is 0.365 e. The number of hydrogen-bond donors (Lipinski definition) is 1. The zero-order chi connectivity index (χ0) is 13.1. The number of nitrogens with zero attached hydrogens (tertiary/aromatic N) is 3. The average Bonchev–Trinajstić information content (AvgIpc) is 2.45. The molecule has 19 heavy (non-hydrogen) atoms. The fraction of sp³-hybridized carbons (Fsp3) is 0.133. The van der Waals surface area contributed by atoms with E-state index in [1.165, 1.54) is 5.56 Å². The van der Waals surface area contributed by atoms with Crippen LogP contribution in [0.25, 0.3) is 10.9 Å². The van der Waals surface area contributed by atoms with Gasteiger partial charge in [0.2, 0.25) is 0 Å². The maximum Gasteiger partial charge on any atom is 0.137 e. The molecule has 0 saturated carbocycles. The summed E-state index contributed by atoms with van der Waals surface area (Å²) in [4.78, 5) is 12.9. The van der Waals surface area contributed by atoms with Crippen LogP contribution in [0.4, 0.5) is 5.82 Å². The van der Waals surface area contributed by atoms with Crippen molar-refractivity contribution < 1.29 is 0 Å². The summed E-state index contributed by atoms with van der Waals surface area (Å²) in [6.45, 7) is 2.63. The highest BCUT2D eigenvalue weighted by Crippen LogP contribution is 2.20. The van der Waals surface area contributed by atoms with Gasteiger partial charge in [-0.05, 0) is 36.8 Å². The van der Waals surface area contributed by atoms with Crippen molar-refractivity contribution in [3.8, 4) is 0 Å². The van der Waals surface area contributed by atoms with Gasteiger partial charge in [0.05, 0.1) is 5.52 Å². The van der Waals surface area contributed by atoms with Crippen LogP contribution in [0.2, 0.25) is 0 Å². The van der Waals surface area contributed by atoms with Gasteiger partial charge in [-0.15, -0.1) is 0 Å². The number of benzene rings is 1. The summed E-state index contributed by atoms with van der Waals surface area (Å²) in [6.07, 6.45) is 3.58. The maximum absolute atomic E-state index is 4.48. The Morgan fingerprint density at radius 3 is 2.63 bits per heavy atom. The predicted octanol–water partition coefficient (Wildman–Crippen LogP) is 2.95. The van der Waals surface area contributed by atoms with Crippen LogP contribution < -0.4 is 5.32 Å². The minimum Gasteiger partial charge on any atom is -0.365 e. The molecular weight excluding hydrogens is 236 g/mol. The normalized spacial score (nSPS) is 10.6. The SMILES string of the molecule is Cc1nc(NCc2ccncc2)c2ccccc2n1. The van der Waals surface area contributed by atoms with Crippen LogP contribution in [-0.4, -0.2) is 15.0 Å². The Kier molecular flexibility index (Phi) is 3.06. The average molecular weight is 250 g/mol. The third kappa shape index (κ3) is 2.52. The van der Waals surface area contributed by atoms with E-state index in [0.29, 0.717) is 0 Å². The number of rotatable bonds is 3. The van der Waals surface area contributed by atoms with Crippen LogP contribution in [0.5, 0.6) is 0 Å². The molecule has 1 aromatic carbocycles. The van der Waals surface area contributed by atoms with E-state index in [4.69, 9.17) is 0 Å². The Hall–Kier alpha value is -2.49. The van der Waals surface area contributed by atoms with Gasteiger partial charge in [0, 0.05) is 24.3 Å². The lowest BCUT2D eigenvalue weighted by Gasteiger charge is -2.09. The lowest BCUT2D eigenvalue weighted by atomic mass is 10.2. The molecule has 94 valence electrons. The first-order valence-corrected chi connectivity index (χ1v) is 6.19. The van der Waals surface area contributed by atoms with Gasteiger partial charge in [0.15, 0.2) is 0 Å². The van der Waals surface area contributed by atoms with E-state index in [0.717, 1.165) is 29.1 Å². The van der Waals surface area contributed by atoms with Gasteiger partial charge >= 0.3 is 0 Å². The van der Waals surface area contributed by atoms with Crippen molar-refractivity contribution in [2.45, 2.75) is 13.5 Å². The molecule has 3 aromatic rings. The molecule has 0 aliphatic carbocycles. The molecule has 0 radical (unpaired) electrons. The fourth-order valence-electron chi connectivity index (χ4n) is 2.01. The molecular formula is C15H14N4. The summed E-state index contributed by atoms with van der Waals surface area (Å²) in [7, 11) is 0. The molecule has 0 unspecified atom stereocenters. The summed E-state index contributed by atoms with van der Waals surface area (Å²) in [5, 5.41) is 4.41. The van der Waals surface area contributed by atoms with Gasteiger partial charge in [-0.2, -0.15) is 0 Å². The summed E-state index contributed by atoms with van der Waals surface area (Å²) in [5.74, 6) is 1.65. The second-order valence-corrected chi connectivity index (χ2v) is 4.35. The molecule has 0 bridgehead atoms. The third-order valence-corrected chi connectivity index (χ3v) is 2.92. The van der Waals surface area contributed by atoms with Crippen molar-refractivity contribution >= 4 is 16.7 Å². The van der Waals surface area contributed by atoms with Crippen LogP contribution in [0, 0.1) is 6.92 Å². The molecule has 0 aliphatic heterocycles. The second kappa shape index (κ2) is 5.02. The predicted molar refractivity (Wildman–Crippen MR) is 75.8 cm³/mol. The Balaban J connectivity index is 1.92. The standard InChI is InChI=1S/C15H14N4/c1-11-18-14-5-3-2-4-13(14)15(19-11)17-10-12-6-8-16-9-7-12/h2-9H,10H2,1H3,(H,17,18,19). The smallest absolute Gasteiger partial charge is 0.137 e. The minimum atomic E-state index is 0.725. The minimum absolute atomic E-state index is 0.725. The Morgan fingerprint density at radius 2 is 1.79 bits per heavy atom. The lowest BCUT2D eigenvalue weighted by Crippen LogP contribution is -2.04. The number of para-hydroxylation sites is 1. The van der Waals surface area contributed by atoms with E-state index in [1.807, 2.05) is 43.3 Å². The zero-order valence-corrected chi connectivity index (χ0v) is 10.7. The summed E-state index contributed by atoms with van der Waals surface area (Å²) in [5.41, 5.74) is 2.14. The van der Waals surface area contributed by atoms with Crippen LogP contribution in [0.3, 0.4) is 0 Å². The molecule has 0 saturated heterocycles. The first kappa shape index (κ1) is 11.6. The summed E-state index contributed by atoms with van der Waals surface area (Å²) >= 11 is 0. The molecule has 3 rings (SSSR count). The fourth-order valence-corrected chi connectivity index (χ4v) is 2.01. The summed E-state index contributed by atoms with van der Waals surface area (Å²) in [6, 6.07) is 12.0. The number of hydrogen-bond acceptors (Lipinski definition) is 4. The summed E-state index contributed by atoms with van der Waals surface area (Å²) < 4.78 is 0. The molecule has 1 N–H and O–H groups in total. The number of nitrogens with one attached hydrogen (secondary N) is 1. The van der Waals surface area contributed by atoms with Gasteiger partial charge in [-0.1, -0.05) is 12.1 Å². The number of fused-ring (bicyclic) bond motifs is 1. The van der Waals surface area contributed by atoms with Gasteiger partial charge in [-0.25, -0.2) is 9.97 Å². The van der Waals surface area contributed by atoms with Crippen LogP contribution in [0.15, 0.2) is 48.8 Å². The van der Waals surface area contributed by atoms with Crippen molar-refractivity contribution in [2.24, 2.45) is 0 Å². The van der Waals surface area contributed by atoms with Crippen molar-refractivity contribution in [3.63, 3.8) is 0 Å². The van der Waals surface area contributed by atoms with Crippen molar-refractivity contribution in [2.75, 3.05) is 5.32 Å².